The van der Waals surface area contributed by atoms with Gasteiger partial charge in [0, 0.05) is 12.4 Å². The zero-order chi connectivity index (χ0) is 17.6. The Morgan fingerprint density at radius 2 is 1.24 bits per heavy atom. The van der Waals surface area contributed by atoms with Gasteiger partial charge in [-0.15, -0.1) is 0 Å². The molecule has 132 valence electrons. The topological polar surface area (TPSA) is 165 Å². The van der Waals surface area contributed by atoms with E-state index in [4.69, 9.17) is 11.5 Å². The SMILES string of the molecule is NC(=O)[N-]/N=C/c1ccccn1.NC(=O)[N-]/N=C/c1ccccn1.[Ni+2]. The predicted molar refractivity (Wildman–Crippen MR) is 89.5 cm³/mol. The molecule has 0 radical (unpaired) electrons. The number of rotatable bonds is 4. The molecule has 2 aromatic rings. The minimum atomic E-state index is -0.817. The molecule has 0 fully saturated rings. The van der Waals surface area contributed by atoms with Crippen LogP contribution >= 0.6 is 0 Å². The molecule has 0 bridgehead atoms. The summed E-state index contributed by atoms with van der Waals surface area (Å²) in [4.78, 5) is 28.1. The number of nitrogens with two attached hydrogens (primary N) is 2. The summed E-state index contributed by atoms with van der Waals surface area (Å²) in [5.74, 6) is 0. The van der Waals surface area contributed by atoms with Crippen molar-refractivity contribution in [3.05, 3.63) is 71.0 Å². The first-order chi connectivity index (χ1) is 11.6. The molecule has 2 aromatic heterocycles. The van der Waals surface area contributed by atoms with E-state index in [1.54, 1.807) is 48.8 Å². The molecule has 0 aromatic carbocycles. The molecule has 0 aliphatic carbocycles. The number of hydrogen-bond donors (Lipinski definition) is 2. The van der Waals surface area contributed by atoms with Crippen LogP contribution in [-0.2, 0) is 16.5 Å². The molecule has 0 saturated heterocycles. The summed E-state index contributed by atoms with van der Waals surface area (Å²) in [6, 6.07) is 9.01. The van der Waals surface area contributed by atoms with Gasteiger partial charge in [0.25, 0.3) is 0 Å². The molecule has 4 amide bonds. The van der Waals surface area contributed by atoms with E-state index < -0.39 is 12.1 Å². The summed E-state index contributed by atoms with van der Waals surface area (Å²) in [5.41, 5.74) is 16.9. The zero-order valence-corrected chi connectivity index (χ0v) is 13.7. The van der Waals surface area contributed by atoms with E-state index >= 15 is 0 Å². The molecule has 2 heterocycles. The number of carbonyl (C=O) groups excluding carboxylic acids is 2. The van der Waals surface area contributed by atoms with Crippen molar-refractivity contribution >= 4 is 24.5 Å². The second-order valence-corrected chi connectivity index (χ2v) is 3.87. The average molecular weight is 385 g/mol. The van der Waals surface area contributed by atoms with Gasteiger partial charge in [-0.1, -0.05) is 12.1 Å². The van der Waals surface area contributed by atoms with Gasteiger partial charge in [-0.2, -0.15) is 0 Å². The Morgan fingerprint density at radius 1 is 0.840 bits per heavy atom. The van der Waals surface area contributed by atoms with Crippen LogP contribution in [0.15, 0.2) is 59.0 Å². The van der Waals surface area contributed by atoms with E-state index in [1.807, 2.05) is 0 Å². The summed E-state index contributed by atoms with van der Waals surface area (Å²) in [6.07, 6.45) is 5.94. The summed E-state index contributed by atoms with van der Waals surface area (Å²) in [7, 11) is 0. The van der Waals surface area contributed by atoms with Crippen LogP contribution in [0.3, 0.4) is 0 Å². The molecule has 0 atom stereocenters. The second kappa shape index (κ2) is 13.1. The van der Waals surface area contributed by atoms with E-state index in [2.05, 4.69) is 31.0 Å². The predicted octanol–water partition coefficient (Wildman–Crippen LogP) is 1.73. The van der Waals surface area contributed by atoms with Gasteiger partial charge in [-0.25, -0.2) is 0 Å². The van der Waals surface area contributed by atoms with Crippen molar-refractivity contribution in [3.63, 3.8) is 0 Å². The third kappa shape index (κ3) is 11.8. The summed E-state index contributed by atoms with van der Waals surface area (Å²) in [5, 5.41) is 6.81. The minimum absolute atomic E-state index is 0. The van der Waals surface area contributed by atoms with Gasteiger partial charge < -0.3 is 22.3 Å². The first-order valence-electron chi connectivity index (χ1n) is 6.47. The molecule has 4 N–H and O–H groups in total. The van der Waals surface area contributed by atoms with E-state index in [0.29, 0.717) is 11.4 Å². The summed E-state index contributed by atoms with van der Waals surface area (Å²) >= 11 is 0. The van der Waals surface area contributed by atoms with Crippen LogP contribution in [0.25, 0.3) is 10.9 Å². The second-order valence-electron chi connectivity index (χ2n) is 3.87. The maximum atomic E-state index is 10.1. The number of carbonyl (C=O) groups is 2. The van der Waals surface area contributed by atoms with Gasteiger partial charge in [0.15, 0.2) is 12.1 Å². The van der Waals surface area contributed by atoms with Crippen molar-refractivity contribution in [1.29, 1.82) is 0 Å². The van der Waals surface area contributed by atoms with Gasteiger partial charge in [-0.3, -0.25) is 29.8 Å². The Kier molecular flexibility index (Phi) is 11.4. The summed E-state index contributed by atoms with van der Waals surface area (Å²) in [6.45, 7) is 0. The van der Waals surface area contributed by atoms with E-state index in [9.17, 15) is 9.59 Å². The minimum Gasteiger partial charge on any atom is -0.461 e. The number of primary amides is 2. The van der Waals surface area contributed by atoms with Crippen LogP contribution in [0.4, 0.5) is 9.59 Å². The van der Waals surface area contributed by atoms with Crippen LogP contribution in [0, 0.1) is 0 Å². The first kappa shape index (κ1) is 21.7. The Morgan fingerprint density at radius 3 is 1.52 bits per heavy atom. The van der Waals surface area contributed by atoms with Crippen LogP contribution in [0.1, 0.15) is 11.4 Å². The fraction of sp³-hybridized carbons (Fsp3) is 0. The van der Waals surface area contributed by atoms with Gasteiger partial charge >= 0.3 is 16.5 Å². The van der Waals surface area contributed by atoms with E-state index in [1.165, 1.54) is 12.4 Å². The maximum absolute atomic E-state index is 10.1. The molecular weight excluding hydrogens is 371 g/mol. The van der Waals surface area contributed by atoms with Gasteiger partial charge in [0.2, 0.25) is 0 Å². The molecule has 10 nitrogen and oxygen atoms in total. The third-order valence-electron chi connectivity index (χ3n) is 2.07. The fourth-order valence-corrected chi connectivity index (χ4v) is 1.19. The number of nitrogens with zero attached hydrogens (tertiary/aromatic N) is 6. The molecule has 2 rings (SSSR count). The van der Waals surface area contributed by atoms with Gasteiger partial charge in [-0.05, 0) is 24.3 Å². The van der Waals surface area contributed by atoms with Crippen molar-refractivity contribution in [2.24, 2.45) is 21.7 Å². The Bertz CT molecular complexity index is 633. The Hall–Kier alpha value is -3.33. The monoisotopic (exact) mass is 384 g/mol. The number of urea groups is 2. The van der Waals surface area contributed by atoms with Crippen molar-refractivity contribution < 1.29 is 26.1 Å². The normalized spacial score (nSPS) is 9.60. The number of hydrogen-bond acceptors (Lipinski definition) is 6. The Labute approximate surface area is 153 Å². The van der Waals surface area contributed by atoms with Crippen molar-refractivity contribution in [1.82, 2.24) is 9.97 Å². The van der Waals surface area contributed by atoms with Crippen molar-refractivity contribution in [3.8, 4) is 0 Å². The summed E-state index contributed by atoms with van der Waals surface area (Å²) < 4.78 is 0. The molecular formula is C14H14N8NiO2. The van der Waals surface area contributed by atoms with Crippen molar-refractivity contribution in [2.45, 2.75) is 0 Å². The first-order valence-corrected chi connectivity index (χ1v) is 6.47. The zero-order valence-electron chi connectivity index (χ0n) is 12.7. The van der Waals surface area contributed by atoms with E-state index in [-0.39, 0.29) is 16.5 Å². The van der Waals surface area contributed by atoms with E-state index in [0.717, 1.165) is 0 Å². The third-order valence-corrected chi connectivity index (χ3v) is 2.07. The smallest absolute Gasteiger partial charge is 0.461 e. The number of pyridine rings is 2. The molecule has 0 unspecified atom stereocenters. The molecule has 11 heteroatoms. The molecule has 25 heavy (non-hydrogen) atoms. The fourth-order valence-electron chi connectivity index (χ4n) is 1.19. The average Bonchev–Trinajstić information content (AvgIpc) is 2.57. The van der Waals surface area contributed by atoms with Crippen molar-refractivity contribution in [2.75, 3.05) is 0 Å². The van der Waals surface area contributed by atoms with Gasteiger partial charge in [0.1, 0.15) is 0 Å². The quantitative estimate of drug-likeness (QED) is 0.465. The standard InChI is InChI=1S/2C7H8N4O.Ni/c2*8-7(12)11-10-5-6-3-1-2-4-9-6;/h2*1-5H,(H3,8,9,11,12);/q;;+2/p-2. The maximum Gasteiger partial charge on any atom is 2.00 e. The van der Waals surface area contributed by atoms with Crippen LogP contribution in [0.2, 0.25) is 0 Å². The Balaban J connectivity index is 0.000000443. The number of amides is 4. The molecule has 0 spiro atoms. The van der Waals surface area contributed by atoms with Crippen LogP contribution in [0.5, 0.6) is 0 Å². The molecule has 0 saturated carbocycles. The molecule has 0 aliphatic heterocycles. The van der Waals surface area contributed by atoms with Gasteiger partial charge in [0.05, 0.1) is 23.8 Å². The molecule has 0 aliphatic rings. The van der Waals surface area contributed by atoms with Crippen LogP contribution < -0.4 is 11.5 Å². The van der Waals surface area contributed by atoms with Crippen LogP contribution in [-0.4, -0.2) is 34.5 Å². The largest absolute Gasteiger partial charge is 2.00 e. The number of aromatic nitrogens is 2.